The summed E-state index contributed by atoms with van der Waals surface area (Å²) in [5, 5.41) is 0. The first-order valence-electron chi connectivity index (χ1n) is 8.26. The van der Waals surface area contributed by atoms with E-state index in [9.17, 15) is 26.8 Å². The fraction of sp³-hybridized carbons (Fsp3) is 0.333. The van der Waals surface area contributed by atoms with Crippen molar-refractivity contribution in [2.75, 3.05) is 7.11 Å². The molecular formula is C18H17F2NO6S. The second-order valence-electron chi connectivity index (χ2n) is 6.46. The van der Waals surface area contributed by atoms with E-state index in [1.165, 1.54) is 12.1 Å². The number of benzene rings is 1. The van der Waals surface area contributed by atoms with Crippen LogP contribution in [0.4, 0.5) is 8.78 Å². The molecule has 1 aromatic carbocycles. The lowest BCUT2D eigenvalue weighted by atomic mass is 10.2. The first-order valence-corrected chi connectivity index (χ1v) is 9.67. The monoisotopic (exact) mass is 413 g/mol. The number of hydrogen-bond acceptors (Lipinski definition) is 6. The van der Waals surface area contributed by atoms with Crippen LogP contribution in [0, 0.1) is 6.92 Å². The summed E-state index contributed by atoms with van der Waals surface area (Å²) in [5.41, 5.74) is -2.65. The third-order valence-electron chi connectivity index (χ3n) is 4.63. The third kappa shape index (κ3) is 3.39. The van der Waals surface area contributed by atoms with Crippen LogP contribution in [-0.4, -0.2) is 32.5 Å². The van der Waals surface area contributed by atoms with Crippen LogP contribution in [0.5, 0.6) is 5.75 Å². The van der Waals surface area contributed by atoms with Crippen molar-refractivity contribution in [2.45, 2.75) is 36.6 Å². The summed E-state index contributed by atoms with van der Waals surface area (Å²) < 4.78 is 62.3. The number of ether oxygens (including phenoxy) is 1. The molecular weight excluding hydrogens is 396 g/mol. The highest BCUT2D eigenvalue weighted by atomic mass is 32.2. The second kappa shape index (κ2) is 7.01. The molecule has 0 atom stereocenters. The molecule has 1 aromatic heterocycles. The van der Waals surface area contributed by atoms with Crippen LogP contribution in [0.25, 0.3) is 0 Å². The van der Waals surface area contributed by atoms with E-state index in [1.807, 2.05) is 0 Å². The van der Waals surface area contributed by atoms with Gasteiger partial charge in [0, 0.05) is 12.3 Å². The smallest absolute Gasteiger partial charge is 0.343 e. The van der Waals surface area contributed by atoms with E-state index < -0.39 is 44.9 Å². The standard InChI is InChI=1S/C18H17F2NO6S/c1-11-5-3-4-6-14(11)28(24,25)27-13-9-15(22)21(10-12(13)16(23)26-2)18(7-8-18)17(19)20/h3-6,9-10,17H,7-8H2,1-2H3. The number of methoxy groups -OCH3 is 1. The maximum atomic E-state index is 13.4. The number of rotatable bonds is 6. The van der Waals surface area contributed by atoms with Gasteiger partial charge in [0.15, 0.2) is 5.75 Å². The first-order chi connectivity index (χ1) is 13.1. The third-order valence-corrected chi connectivity index (χ3v) is 6.03. The van der Waals surface area contributed by atoms with Gasteiger partial charge < -0.3 is 13.5 Å². The number of alkyl halides is 2. The van der Waals surface area contributed by atoms with Gasteiger partial charge in [0.05, 0.1) is 7.11 Å². The van der Waals surface area contributed by atoms with Crippen LogP contribution >= 0.6 is 0 Å². The number of aromatic nitrogens is 1. The van der Waals surface area contributed by atoms with E-state index in [0.29, 0.717) is 11.6 Å². The number of hydrogen-bond donors (Lipinski definition) is 0. The average molecular weight is 413 g/mol. The molecule has 1 aliphatic rings. The predicted octanol–water partition coefficient (Wildman–Crippen LogP) is 2.47. The molecule has 10 heteroatoms. The molecule has 0 bridgehead atoms. The Hall–Kier alpha value is -2.75. The second-order valence-corrected chi connectivity index (χ2v) is 7.97. The zero-order valence-electron chi connectivity index (χ0n) is 15.0. The molecule has 28 heavy (non-hydrogen) atoms. The summed E-state index contributed by atoms with van der Waals surface area (Å²) >= 11 is 0. The van der Waals surface area contributed by atoms with Gasteiger partial charge in [-0.1, -0.05) is 18.2 Å². The summed E-state index contributed by atoms with van der Waals surface area (Å²) in [5.74, 6) is -1.60. The number of carbonyl (C=O) groups is 1. The normalized spacial score (nSPS) is 15.3. The van der Waals surface area contributed by atoms with Crippen LogP contribution in [0.2, 0.25) is 0 Å². The molecule has 1 fully saturated rings. The van der Waals surface area contributed by atoms with Crippen LogP contribution in [0.1, 0.15) is 28.8 Å². The van der Waals surface area contributed by atoms with Crippen molar-refractivity contribution in [1.82, 2.24) is 4.57 Å². The van der Waals surface area contributed by atoms with E-state index in [4.69, 9.17) is 4.18 Å². The van der Waals surface area contributed by atoms with Gasteiger partial charge in [0.2, 0.25) is 0 Å². The van der Waals surface area contributed by atoms with E-state index in [0.717, 1.165) is 17.9 Å². The largest absolute Gasteiger partial charge is 0.465 e. The maximum Gasteiger partial charge on any atom is 0.343 e. The Morgan fingerprint density at radius 1 is 1.25 bits per heavy atom. The van der Waals surface area contributed by atoms with Crippen molar-refractivity contribution in [3.63, 3.8) is 0 Å². The molecule has 0 N–H and O–H groups in total. The molecule has 0 saturated heterocycles. The van der Waals surface area contributed by atoms with Gasteiger partial charge in [-0.15, -0.1) is 0 Å². The lowest BCUT2D eigenvalue weighted by molar-refractivity contribution is 0.0576. The lowest BCUT2D eigenvalue weighted by Gasteiger charge is -2.20. The molecule has 150 valence electrons. The average Bonchev–Trinajstić information content (AvgIpc) is 3.43. The van der Waals surface area contributed by atoms with Crippen LogP contribution in [-0.2, 0) is 20.4 Å². The number of pyridine rings is 1. The number of nitrogens with zero attached hydrogens (tertiary/aromatic N) is 1. The SMILES string of the molecule is COC(=O)c1cn(C2(C(F)F)CC2)c(=O)cc1OS(=O)(=O)c1ccccc1C. The Kier molecular flexibility index (Phi) is 5.00. The Labute approximate surface area is 159 Å². The summed E-state index contributed by atoms with van der Waals surface area (Å²) in [7, 11) is -3.34. The predicted molar refractivity (Wildman–Crippen MR) is 94.2 cm³/mol. The first kappa shape index (κ1) is 20.0. The molecule has 0 spiro atoms. The zero-order valence-corrected chi connectivity index (χ0v) is 15.8. The fourth-order valence-corrected chi connectivity index (χ4v) is 4.06. The van der Waals surface area contributed by atoms with Crippen molar-refractivity contribution in [3.8, 4) is 5.75 Å². The highest BCUT2D eigenvalue weighted by molar-refractivity contribution is 7.87. The Bertz CT molecular complexity index is 1090. The maximum absolute atomic E-state index is 13.4. The molecule has 0 amide bonds. The molecule has 2 aromatic rings. The van der Waals surface area contributed by atoms with E-state index in [-0.39, 0.29) is 17.7 Å². The van der Waals surface area contributed by atoms with Gasteiger partial charge in [0.1, 0.15) is 16.0 Å². The molecule has 3 rings (SSSR count). The van der Waals surface area contributed by atoms with Crippen molar-refractivity contribution in [3.05, 3.63) is 58.0 Å². The minimum absolute atomic E-state index is 0.0624. The van der Waals surface area contributed by atoms with Crippen molar-refractivity contribution in [1.29, 1.82) is 0 Å². The van der Waals surface area contributed by atoms with E-state index in [2.05, 4.69) is 4.74 Å². The highest BCUT2D eigenvalue weighted by Gasteiger charge is 2.53. The summed E-state index contributed by atoms with van der Waals surface area (Å²) in [6.07, 6.45) is -1.83. The van der Waals surface area contributed by atoms with E-state index >= 15 is 0 Å². The quantitative estimate of drug-likeness (QED) is 0.534. The van der Waals surface area contributed by atoms with Crippen LogP contribution in [0.15, 0.2) is 46.2 Å². The van der Waals surface area contributed by atoms with Crippen molar-refractivity contribution < 1.29 is 30.9 Å². The summed E-state index contributed by atoms with van der Waals surface area (Å²) in [6.45, 7) is 1.55. The Balaban J connectivity index is 2.11. The van der Waals surface area contributed by atoms with Gasteiger partial charge >= 0.3 is 16.1 Å². The van der Waals surface area contributed by atoms with Crippen molar-refractivity contribution in [2.24, 2.45) is 0 Å². The minimum Gasteiger partial charge on any atom is -0.465 e. The van der Waals surface area contributed by atoms with Crippen LogP contribution < -0.4 is 9.74 Å². The Morgan fingerprint density at radius 2 is 1.89 bits per heavy atom. The summed E-state index contributed by atoms with van der Waals surface area (Å²) in [4.78, 5) is 24.3. The van der Waals surface area contributed by atoms with Crippen molar-refractivity contribution >= 4 is 16.1 Å². The number of carbonyl (C=O) groups excluding carboxylic acids is 1. The molecule has 0 aliphatic heterocycles. The van der Waals surface area contributed by atoms with E-state index in [1.54, 1.807) is 19.1 Å². The zero-order chi connectivity index (χ0) is 20.7. The summed E-state index contributed by atoms with van der Waals surface area (Å²) in [6, 6.07) is 6.69. The van der Waals surface area contributed by atoms with Gasteiger partial charge in [0.25, 0.3) is 12.0 Å². The molecule has 1 saturated carbocycles. The molecule has 0 radical (unpaired) electrons. The van der Waals surface area contributed by atoms with Gasteiger partial charge in [-0.2, -0.15) is 8.42 Å². The molecule has 1 heterocycles. The number of esters is 1. The Morgan fingerprint density at radius 3 is 2.43 bits per heavy atom. The fourth-order valence-electron chi connectivity index (χ4n) is 2.89. The topological polar surface area (TPSA) is 91.7 Å². The number of aryl methyl sites for hydroxylation is 1. The minimum atomic E-state index is -4.38. The number of halogens is 2. The molecule has 7 nitrogen and oxygen atoms in total. The van der Waals surface area contributed by atoms with Gasteiger partial charge in [-0.3, -0.25) is 4.79 Å². The highest BCUT2D eigenvalue weighted by Crippen LogP contribution is 2.48. The van der Waals surface area contributed by atoms with Gasteiger partial charge in [-0.25, -0.2) is 13.6 Å². The molecule has 1 aliphatic carbocycles. The van der Waals surface area contributed by atoms with Crippen LogP contribution in [0.3, 0.4) is 0 Å². The van der Waals surface area contributed by atoms with Gasteiger partial charge in [-0.05, 0) is 31.4 Å². The lowest BCUT2D eigenvalue weighted by Crippen LogP contribution is -2.36. The molecule has 0 unspecified atom stereocenters.